The first-order chi connectivity index (χ1) is 12.4. The molecule has 1 aromatic heterocycles. The SMILES string of the molecule is c1ccc(-c2cnc3c(c2)-c2ccccc2Oc2ccccc2-3)cc1. The van der Waals surface area contributed by atoms with Gasteiger partial charge in [0.15, 0.2) is 0 Å². The summed E-state index contributed by atoms with van der Waals surface area (Å²) < 4.78 is 6.19. The van der Waals surface area contributed by atoms with Gasteiger partial charge in [-0.25, -0.2) is 0 Å². The zero-order valence-electron chi connectivity index (χ0n) is 13.5. The Balaban J connectivity index is 1.82. The molecule has 2 nitrogen and oxygen atoms in total. The van der Waals surface area contributed by atoms with Gasteiger partial charge in [-0.3, -0.25) is 4.98 Å². The second kappa shape index (κ2) is 5.60. The van der Waals surface area contributed by atoms with Gasteiger partial charge in [-0.15, -0.1) is 0 Å². The Morgan fingerprint density at radius 3 is 2.00 bits per heavy atom. The molecule has 1 aliphatic heterocycles. The third-order valence-corrected chi connectivity index (χ3v) is 4.53. The van der Waals surface area contributed by atoms with E-state index in [9.17, 15) is 0 Å². The zero-order valence-corrected chi connectivity index (χ0v) is 13.5. The summed E-state index contributed by atoms with van der Waals surface area (Å²) in [4.78, 5) is 4.82. The normalized spacial score (nSPS) is 11.5. The molecule has 5 rings (SSSR count). The van der Waals surface area contributed by atoms with Gasteiger partial charge in [0.25, 0.3) is 0 Å². The number of rotatable bonds is 1. The van der Waals surface area contributed by atoms with Gasteiger partial charge in [-0.1, -0.05) is 60.7 Å². The molecule has 0 atom stereocenters. The topological polar surface area (TPSA) is 22.1 Å². The van der Waals surface area contributed by atoms with Crippen molar-refractivity contribution in [3.05, 3.63) is 91.1 Å². The Morgan fingerprint density at radius 1 is 0.560 bits per heavy atom. The molecule has 0 saturated carbocycles. The predicted molar refractivity (Wildman–Crippen MR) is 101 cm³/mol. The molecule has 0 fully saturated rings. The van der Waals surface area contributed by atoms with Gasteiger partial charge < -0.3 is 4.74 Å². The Bertz CT molecular complexity index is 1070. The third kappa shape index (κ3) is 2.31. The second-order valence-corrected chi connectivity index (χ2v) is 6.08. The van der Waals surface area contributed by atoms with Crippen molar-refractivity contribution in [1.29, 1.82) is 0 Å². The van der Waals surface area contributed by atoms with Crippen LogP contribution in [0, 0.1) is 0 Å². The highest BCUT2D eigenvalue weighted by Gasteiger charge is 2.21. The molecular weight excluding hydrogens is 306 g/mol. The maximum Gasteiger partial charge on any atom is 0.136 e. The molecule has 1 aliphatic rings. The molecule has 0 N–H and O–H groups in total. The van der Waals surface area contributed by atoms with E-state index < -0.39 is 0 Å². The average molecular weight is 321 g/mol. The molecule has 4 aromatic rings. The van der Waals surface area contributed by atoms with Gasteiger partial charge in [0.2, 0.25) is 0 Å². The van der Waals surface area contributed by atoms with Crippen molar-refractivity contribution in [3.63, 3.8) is 0 Å². The van der Waals surface area contributed by atoms with Crippen molar-refractivity contribution in [3.8, 4) is 45.0 Å². The van der Waals surface area contributed by atoms with Crippen LogP contribution in [0.4, 0.5) is 0 Å². The first-order valence-corrected chi connectivity index (χ1v) is 8.32. The van der Waals surface area contributed by atoms with Crippen molar-refractivity contribution < 1.29 is 4.74 Å². The molecule has 0 saturated heterocycles. The standard InChI is InChI=1S/C23H15NO/c1-2-8-16(9-3-1)17-14-20-18-10-4-6-12-21(18)25-22-13-7-5-11-19(22)23(20)24-15-17/h1-15H. The minimum absolute atomic E-state index is 0.841. The van der Waals surface area contributed by atoms with Gasteiger partial charge in [0.1, 0.15) is 11.5 Å². The highest BCUT2D eigenvalue weighted by atomic mass is 16.5. The number of benzene rings is 3. The fraction of sp³-hybridized carbons (Fsp3) is 0. The van der Waals surface area contributed by atoms with Crippen molar-refractivity contribution in [2.45, 2.75) is 0 Å². The van der Waals surface area contributed by atoms with Gasteiger partial charge in [0.05, 0.1) is 5.69 Å². The lowest BCUT2D eigenvalue weighted by molar-refractivity contribution is 0.487. The summed E-state index contributed by atoms with van der Waals surface area (Å²) in [5, 5.41) is 0. The Hall–Kier alpha value is -3.39. The van der Waals surface area contributed by atoms with Crippen molar-refractivity contribution in [2.24, 2.45) is 0 Å². The Labute approximate surface area is 146 Å². The highest BCUT2D eigenvalue weighted by molar-refractivity contribution is 5.90. The zero-order chi connectivity index (χ0) is 16.6. The van der Waals surface area contributed by atoms with Gasteiger partial charge >= 0.3 is 0 Å². The quantitative estimate of drug-likeness (QED) is 0.367. The van der Waals surface area contributed by atoms with Crippen LogP contribution < -0.4 is 4.74 Å². The largest absolute Gasteiger partial charge is 0.456 e. The highest BCUT2D eigenvalue weighted by Crippen LogP contribution is 2.46. The first kappa shape index (κ1) is 14.0. The summed E-state index contributed by atoms with van der Waals surface area (Å²) in [6, 6.07) is 28.8. The molecule has 0 radical (unpaired) electrons. The van der Waals surface area contributed by atoms with E-state index in [0.29, 0.717) is 0 Å². The average Bonchev–Trinajstić information content (AvgIpc) is 2.83. The lowest BCUT2D eigenvalue weighted by Crippen LogP contribution is -1.90. The lowest BCUT2D eigenvalue weighted by Gasteiger charge is -2.10. The number of pyridine rings is 1. The molecule has 118 valence electrons. The van der Waals surface area contributed by atoms with Crippen LogP contribution in [0.1, 0.15) is 0 Å². The van der Waals surface area contributed by atoms with E-state index in [1.54, 1.807) is 0 Å². The van der Waals surface area contributed by atoms with E-state index in [4.69, 9.17) is 9.72 Å². The molecule has 2 heteroatoms. The number of nitrogens with zero attached hydrogens (tertiary/aromatic N) is 1. The molecule has 0 amide bonds. The predicted octanol–water partition coefficient (Wildman–Crippen LogP) is 6.19. The van der Waals surface area contributed by atoms with E-state index in [1.807, 2.05) is 60.8 Å². The van der Waals surface area contributed by atoms with E-state index in [1.165, 1.54) is 0 Å². The molecule has 25 heavy (non-hydrogen) atoms. The van der Waals surface area contributed by atoms with Crippen molar-refractivity contribution >= 4 is 0 Å². The van der Waals surface area contributed by atoms with E-state index >= 15 is 0 Å². The summed E-state index contributed by atoms with van der Waals surface area (Å²) in [6.45, 7) is 0. The number of hydrogen-bond acceptors (Lipinski definition) is 2. The van der Waals surface area contributed by atoms with Crippen molar-refractivity contribution in [2.75, 3.05) is 0 Å². The fourth-order valence-corrected chi connectivity index (χ4v) is 3.32. The number of hydrogen-bond donors (Lipinski definition) is 0. The first-order valence-electron chi connectivity index (χ1n) is 8.32. The Kier molecular flexibility index (Phi) is 3.14. The van der Waals surface area contributed by atoms with Crippen LogP contribution in [0.5, 0.6) is 11.5 Å². The van der Waals surface area contributed by atoms with E-state index in [0.717, 1.165) is 45.0 Å². The lowest BCUT2D eigenvalue weighted by atomic mass is 9.96. The van der Waals surface area contributed by atoms with Crippen LogP contribution in [-0.2, 0) is 0 Å². The van der Waals surface area contributed by atoms with Gasteiger partial charge in [-0.05, 0) is 29.8 Å². The van der Waals surface area contributed by atoms with Crippen molar-refractivity contribution in [1.82, 2.24) is 4.98 Å². The molecular formula is C23H15NO. The molecule has 0 spiro atoms. The van der Waals surface area contributed by atoms with Gasteiger partial charge in [-0.2, -0.15) is 0 Å². The fourth-order valence-electron chi connectivity index (χ4n) is 3.32. The van der Waals surface area contributed by atoms with Gasteiger partial charge in [0, 0.05) is 28.5 Å². The van der Waals surface area contributed by atoms with Crippen LogP contribution in [-0.4, -0.2) is 4.98 Å². The smallest absolute Gasteiger partial charge is 0.136 e. The van der Waals surface area contributed by atoms with Crippen LogP contribution in [0.3, 0.4) is 0 Å². The maximum absolute atomic E-state index is 6.19. The van der Waals surface area contributed by atoms with Crippen LogP contribution in [0.25, 0.3) is 33.5 Å². The number of para-hydroxylation sites is 2. The minimum atomic E-state index is 0.841. The minimum Gasteiger partial charge on any atom is -0.456 e. The third-order valence-electron chi connectivity index (χ3n) is 4.53. The van der Waals surface area contributed by atoms with Crippen LogP contribution in [0.2, 0.25) is 0 Å². The van der Waals surface area contributed by atoms with Crippen LogP contribution in [0.15, 0.2) is 91.1 Å². The van der Waals surface area contributed by atoms with E-state index in [-0.39, 0.29) is 0 Å². The number of aromatic nitrogens is 1. The number of ether oxygens (including phenoxy) is 1. The summed E-state index contributed by atoms with van der Waals surface area (Å²) in [5.74, 6) is 1.70. The summed E-state index contributed by atoms with van der Waals surface area (Å²) in [7, 11) is 0. The van der Waals surface area contributed by atoms with E-state index in [2.05, 4.69) is 30.3 Å². The molecule has 0 aliphatic carbocycles. The maximum atomic E-state index is 6.19. The summed E-state index contributed by atoms with van der Waals surface area (Å²) >= 11 is 0. The summed E-state index contributed by atoms with van der Waals surface area (Å²) in [5.41, 5.74) is 6.41. The van der Waals surface area contributed by atoms with Crippen LogP contribution >= 0.6 is 0 Å². The summed E-state index contributed by atoms with van der Waals surface area (Å²) in [6.07, 6.45) is 1.94. The molecule has 0 bridgehead atoms. The number of fused-ring (bicyclic) bond motifs is 5. The monoisotopic (exact) mass is 321 g/mol. The second-order valence-electron chi connectivity index (χ2n) is 6.08. The molecule has 2 heterocycles. The Morgan fingerprint density at radius 2 is 1.20 bits per heavy atom. The molecule has 3 aromatic carbocycles. The molecule has 0 unspecified atom stereocenters.